The first-order valence-electron chi connectivity index (χ1n) is 6.95. The molecule has 116 valence electrons. The normalized spacial score (nSPS) is 11.7. The quantitative estimate of drug-likeness (QED) is 0.773. The first-order valence-corrected chi connectivity index (χ1v) is 7.74. The van der Waals surface area contributed by atoms with Gasteiger partial charge in [0.2, 0.25) is 0 Å². The highest BCUT2D eigenvalue weighted by Crippen LogP contribution is 2.19. The van der Waals surface area contributed by atoms with E-state index in [4.69, 9.17) is 4.74 Å². The van der Waals surface area contributed by atoms with Crippen LogP contribution in [0.3, 0.4) is 0 Å². The summed E-state index contributed by atoms with van der Waals surface area (Å²) in [5.74, 6) is -0.869. The Labute approximate surface area is 137 Å². The molecule has 2 aromatic rings. The third-order valence-electron chi connectivity index (χ3n) is 3.17. The van der Waals surface area contributed by atoms with Crippen LogP contribution in [0.15, 0.2) is 47.1 Å². The van der Waals surface area contributed by atoms with Gasteiger partial charge in [0.1, 0.15) is 5.69 Å². The van der Waals surface area contributed by atoms with Crippen LogP contribution >= 0.6 is 15.9 Å². The van der Waals surface area contributed by atoms with E-state index in [9.17, 15) is 9.59 Å². The predicted molar refractivity (Wildman–Crippen MR) is 86.4 cm³/mol. The minimum Gasteiger partial charge on any atom is -0.451 e. The Balaban J connectivity index is 1.87. The Morgan fingerprint density at radius 3 is 2.59 bits per heavy atom. The van der Waals surface area contributed by atoms with Crippen LogP contribution in [0.2, 0.25) is 0 Å². The van der Waals surface area contributed by atoms with Gasteiger partial charge in [0.15, 0.2) is 6.61 Å². The fourth-order valence-electron chi connectivity index (χ4n) is 2.02. The minimum absolute atomic E-state index is 0.107. The topological polar surface area (TPSA) is 71.2 Å². The summed E-state index contributed by atoms with van der Waals surface area (Å²) in [6.07, 6.45) is 2.37. The lowest BCUT2D eigenvalue weighted by Gasteiger charge is -2.17. The number of halogens is 1. The summed E-state index contributed by atoms with van der Waals surface area (Å²) in [6, 6.07) is 10.9. The average molecular weight is 365 g/mol. The van der Waals surface area contributed by atoms with E-state index in [1.807, 2.05) is 31.2 Å². The SMILES string of the molecule is CC[C@@H](NC(=O)COC(=O)c1ccc[nH]1)c1ccc(Br)cc1. The van der Waals surface area contributed by atoms with Gasteiger partial charge in [-0.3, -0.25) is 4.79 Å². The van der Waals surface area contributed by atoms with Crippen LogP contribution in [0, 0.1) is 0 Å². The van der Waals surface area contributed by atoms with E-state index in [0.29, 0.717) is 5.69 Å². The molecule has 6 heteroatoms. The smallest absolute Gasteiger partial charge is 0.355 e. The molecule has 2 rings (SSSR count). The van der Waals surface area contributed by atoms with Crippen molar-refractivity contribution < 1.29 is 14.3 Å². The number of hydrogen-bond donors (Lipinski definition) is 2. The number of nitrogens with one attached hydrogen (secondary N) is 2. The molecule has 22 heavy (non-hydrogen) atoms. The molecule has 5 nitrogen and oxygen atoms in total. The lowest BCUT2D eigenvalue weighted by Crippen LogP contribution is -2.32. The van der Waals surface area contributed by atoms with E-state index in [-0.39, 0.29) is 18.6 Å². The number of carbonyl (C=O) groups excluding carboxylic acids is 2. The predicted octanol–water partition coefficient (Wildman–Crippen LogP) is 3.20. The molecule has 0 fully saturated rings. The Morgan fingerprint density at radius 1 is 1.27 bits per heavy atom. The fraction of sp³-hybridized carbons (Fsp3) is 0.250. The van der Waals surface area contributed by atoms with Gasteiger partial charge in [-0.15, -0.1) is 0 Å². The van der Waals surface area contributed by atoms with Gasteiger partial charge in [0.05, 0.1) is 6.04 Å². The maximum atomic E-state index is 11.9. The second kappa shape index (κ2) is 7.79. The van der Waals surface area contributed by atoms with Gasteiger partial charge in [-0.1, -0.05) is 35.0 Å². The van der Waals surface area contributed by atoms with Crippen LogP contribution < -0.4 is 5.32 Å². The van der Waals surface area contributed by atoms with Gasteiger partial charge in [-0.05, 0) is 36.2 Å². The zero-order chi connectivity index (χ0) is 15.9. The molecule has 0 saturated carbocycles. The molecular weight excluding hydrogens is 348 g/mol. The maximum absolute atomic E-state index is 11.9. The van der Waals surface area contributed by atoms with Crippen LogP contribution in [0.25, 0.3) is 0 Å². The largest absolute Gasteiger partial charge is 0.451 e. The van der Waals surface area contributed by atoms with Crippen molar-refractivity contribution in [1.82, 2.24) is 10.3 Å². The summed E-state index contributed by atoms with van der Waals surface area (Å²) in [6.45, 7) is 1.68. The molecule has 0 aliphatic heterocycles. The lowest BCUT2D eigenvalue weighted by atomic mass is 10.0. The van der Waals surface area contributed by atoms with Gasteiger partial charge in [0, 0.05) is 10.7 Å². The minimum atomic E-state index is -0.545. The third-order valence-corrected chi connectivity index (χ3v) is 3.70. The standard InChI is InChI=1S/C16H17BrN2O3/c1-2-13(11-5-7-12(17)8-6-11)19-15(20)10-22-16(21)14-4-3-9-18-14/h3-9,13,18H,2,10H2,1H3,(H,19,20)/t13-/m1/s1. The number of rotatable bonds is 6. The zero-order valence-electron chi connectivity index (χ0n) is 12.1. The summed E-state index contributed by atoms with van der Waals surface area (Å²) in [5.41, 5.74) is 1.34. The van der Waals surface area contributed by atoms with Crippen molar-refractivity contribution in [1.29, 1.82) is 0 Å². The number of carbonyl (C=O) groups is 2. The van der Waals surface area contributed by atoms with E-state index in [0.717, 1.165) is 16.5 Å². The number of aromatic nitrogens is 1. The van der Waals surface area contributed by atoms with Crippen LogP contribution in [0.4, 0.5) is 0 Å². The van der Waals surface area contributed by atoms with Crippen LogP contribution in [0.1, 0.15) is 35.4 Å². The molecule has 1 atom stereocenters. The van der Waals surface area contributed by atoms with Gasteiger partial charge < -0.3 is 15.0 Å². The highest BCUT2D eigenvalue weighted by molar-refractivity contribution is 9.10. The fourth-order valence-corrected chi connectivity index (χ4v) is 2.28. The number of amides is 1. The van der Waals surface area contributed by atoms with Crippen molar-refractivity contribution in [3.63, 3.8) is 0 Å². The average Bonchev–Trinajstić information content (AvgIpc) is 3.05. The molecule has 1 aromatic carbocycles. The summed E-state index contributed by atoms with van der Waals surface area (Å²) in [5, 5.41) is 2.86. The van der Waals surface area contributed by atoms with Crippen molar-refractivity contribution in [2.75, 3.05) is 6.61 Å². The van der Waals surface area contributed by atoms with Crippen molar-refractivity contribution in [2.45, 2.75) is 19.4 Å². The van der Waals surface area contributed by atoms with E-state index in [2.05, 4.69) is 26.2 Å². The number of esters is 1. The number of aromatic amines is 1. The molecule has 0 spiro atoms. The van der Waals surface area contributed by atoms with E-state index >= 15 is 0 Å². The second-order valence-corrected chi connectivity index (χ2v) is 5.66. The van der Waals surface area contributed by atoms with Gasteiger partial charge in [0.25, 0.3) is 5.91 Å². The van der Waals surface area contributed by atoms with Gasteiger partial charge >= 0.3 is 5.97 Å². The summed E-state index contributed by atoms with van der Waals surface area (Å²) in [4.78, 5) is 26.3. The van der Waals surface area contributed by atoms with Crippen LogP contribution in [-0.2, 0) is 9.53 Å². The zero-order valence-corrected chi connectivity index (χ0v) is 13.7. The van der Waals surface area contributed by atoms with Crippen molar-refractivity contribution in [3.8, 4) is 0 Å². The first-order chi connectivity index (χ1) is 10.6. The molecule has 0 aliphatic rings. The van der Waals surface area contributed by atoms with Crippen molar-refractivity contribution in [3.05, 3.63) is 58.3 Å². The maximum Gasteiger partial charge on any atom is 0.355 e. The number of benzene rings is 1. The molecule has 2 N–H and O–H groups in total. The van der Waals surface area contributed by atoms with Crippen LogP contribution in [-0.4, -0.2) is 23.5 Å². The number of H-pyrrole nitrogens is 1. The lowest BCUT2D eigenvalue weighted by molar-refractivity contribution is -0.125. The Morgan fingerprint density at radius 2 is 2.00 bits per heavy atom. The molecular formula is C16H17BrN2O3. The summed E-state index contributed by atoms with van der Waals surface area (Å²) < 4.78 is 5.94. The molecule has 1 amide bonds. The molecule has 1 aromatic heterocycles. The molecule has 0 unspecified atom stereocenters. The van der Waals surface area contributed by atoms with Crippen molar-refractivity contribution >= 4 is 27.8 Å². The molecule has 0 radical (unpaired) electrons. The molecule has 0 saturated heterocycles. The number of ether oxygens (including phenoxy) is 1. The van der Waals surface area contributed by atoms with Gasteiger partial charge in [-0.2, -0.15) is 0 Å². The highest BCUT2D eigenvalue weighted by atomic mass is 79.9. The van der Waals surface area contributed by atoms with Gasteiger partial charge in [-0.25, -0.2) is 4.79 Å². The number of hydrogen-bond acceptors (Lipinski definition) is 3. The Hall–Kier alpha value is -2.08. The summed E-state index contributed by atoms with van der Waals surface area (Å²) >= 11 is 3.38. The van der Waals surface area contributed by atoms with Crippen molar-refractivity contribution in [2.24, 2.45) is 0 Å². The summed E-state index contributed by atoms with van der Waals surface area (Å²) in [7, 11) is 0. The van der Waals surface area contributed by atoms with Crippen LogP contribution in [0.5, 0.6) is 0 Å². The molecule has 0 aliphatic carbocycles. The second-order valence-electron chi connectivity index (χ2n) is 4.74. The Bertz CT molecular complexity index is 623. The molecule has 1 heterocycles. The monoisotopic (exact) mass is 364 g/mol. The van der Waals surface area contributed by atoms with E-state index < -0.39 is 5.97 Å². The van der Waals surface area contributed by atoms with E-state index in [1.54, 1.807) is 18.3 Å². The van der Waals surface area contributed by atoms with E-state index in [1.165, 1.54) is 0 Å². The Kier molecular flexibility index (Phi) is 5.77. The highest BCUT2D eigenvalue weighted by Gasteiger charge is 2.15. The molecule has 0 bridgehead atoms. The third kappa shape index (κ3) is 4.46. The first kappa shape index (κ1) is 16.3.